The van der Waals surface area contributed by atoms with Gasteiger partial charge in [0.05, 0.1) is 11.9 Å². The maximum atomic E-state index is 12.4. The highest BCUT2D eigenvalue weighted by atomic mass is 16.4. The van der Waals surface area contributed by atoms with Crippen LogP contribution in [0.15, 0.2) is 36.5 Å². The molecule has 1 aliphatic rings. The van der Waals surface area contributed by atoms with Crippen LogP contribution in [0.3, 0.4) is 0 Å². The van der Waals surface area contributed by atoms with E-state index in [4.69, 9.17) is 0 Å². The molecule has 0 bridgehead atoms. The first-order valence-corrected chi connectivity index (χ1v) is 8.91. The van der Waals surface area contributed by atoms with Crippen LogP contribution >= 0.6 is 0 Å². The number of amides is 1. The van der Waals surface area contributed by atoms with Gasteiger partial charge in [-0.15, -0.1) is 0 Å². The van der Waals surface area contributed by atoms with Crippen LogP contribution in [-0.2, 0) is 0 Å². The summed E-state index contributed by atoms with van der Waals surface area (Å²) in [5, 5.41) is 12.3. The molecule has 2 N–H and O–H groups in total. The topological polar surface area (TPSA) is 82.5 Å². The predicted octanol–water partition coefficient (Wildman–Crippen LogP) is 3.72. The molecule has 0 saturated carbocycles. The molecule has 0 spiro atoms. The van der Waals surface area contributed by atoms with Crippen molar-refractivity contribution in [2.24, 2.45) is 0 Å². The molecule has 3 rings (SSSR count). The second-order valence-corrected chi connectivity index (χ2v) is 6.63. The molecular formula is C20H23N3O3. The summed E-state index contributed by atoms with van der Waals surface area (Å²) in [6.07, 6.45) is 5.91. The summed E-state index contributed by atoms with van der Waals surface area (Å²) in [7, 11) is 0. The van der Waals surface area contributed by atoms with Gasteiger partial charge in [0.25, 0.3) is 5.91 Å². The van der Waals surface area contributed by atoms with Gasteiger partial charge in [-0.25, -0.2) is 9.78 Å². The Kier molecular flexibility index (Phi) is 5.51. The summed E-state index contributed by atoms with van der Waals surface area (Å²) >= 11 is 0. The Morgan fingerprint density at radius 3 is 2.50 bits per heavy atom. The van der Waals surface area contributed by atoms with Gasteiger partial charge in [0, 0.05) is 18.7 Å². The van der Waals surface area contributed by atoms with Gasteiger partial charge in [-0.3, -0.25) is 4.79 Å². The van der Waals surface area contributed by atoms with Crippen LogP contribution in [0.4, 0.5) is 11.5 Å². The first-order valence-electron chi connectivity index (χ1n) is 8.91. The van der Waals surface area contributed by atoms with Crippen LogP contribution in [0.1, 0.15) is 52.0 Å². The van der Waals surface area contributed by atoms with Crippen molar-refractivity contribution < 1.29 is 14.7 Å². The van der Waals surface area contributed by atoms with Crippen molar-refractivity contribution in [2.75, 3.05) is 23.3 Å². The van der Waals surface area contributed by atoms with Gasteiger partial charge in [0.15, 0.2) is 0 Å². The fourth-order valence-electron chi connectivity index (χ4n) is 3.21. The van der Waals surface area contributed by atoms with Crippen LogP contribution in [0.5, 0.6) is 0 Å². The molecule has 0 radical (unpaired) electrons. The second kappa shape index (κ2) is 7.99. The number of aromatic carboxylic acids is 1. The van der Waals surface area contributed by atoms with Crippen molar-refractivity contribution in [3.63, 3.8) is 0 Å². The predicted molar refractivity (Wildman–Crippen MR) is 101 cm³/mol. The fraction of sp³-hybridized carbons (Fsp3) is 0.350. The second-order valence-electron chi connectivity index (χ2n) is 6.63. The summed E-state index contributed by atoms with van der Waals surface area (Å²) < 4.78 is 0. The first kappa shape index (κ1) is 17.9. The van der Waals surface area contributed by atoms with Crippen molar-refractivity contribution in [1.82, 2.24) is 4.98 Å². The standard InChI is InChI=1S/C20H23N3O3/c1-14-7-6-8-15(11-14)19(24)22-16-12-17(20(25)26)18(21-13-16)23-9-4-2-3-5-10-23/h6-8,11-13H,2-5,9-10H2,1H3,(H,22,24)(H,25,26). The highest BCUT2D eigenvalue weighted by Crippen LogP contribution is 2.24. The summed E-state index contributed by atoms with van der Waals surface area (Å²) in [5.41, 5.74) is 2.01. The summed E-state index contributed by atoms with van der Waals surface area (Å²) in [4.78, 5) is 30.5. The van der Waals surface area contributed by atoms with Crippen LogP contribution < -0.4 is 10.2 Å². The van der Waals surface area contributed by atoms with E-state index < -0.39 is 5.97 Å². The number of hydrogen-bond donors (Lipinski definition) is 2. The molecule has 1 fully saturated rings. The average molecular weight is 353 g/mol. The maximum Gasteiger partial charge on any atom is 0.339 e. The van der Waals surface area contributed by atoms with Gasteiger partial charge in [-0.05, 0) is 38.0 Å². The van der Waals surface area contributed by atoms with Gasteiger partial charge in [0.2, 0.25) is 0 Å². The van der Waals surface area contributed by atoms with Crippen molar-refractivity contribution >= 4 is 23.4 Å². The lowest BCUT2D eigenvalue weighted by Crippen LogP contribution is -2.27. The summed E-state index contributed by atoms with van der Waals surface area (Å²) in [6, 6.07) is 8.72. The highest BCUT2D eigenvalue weighted by Gasteiger charge is 2.20. The van der Waals surface area contributed by atoms with Gasteiger partial charge in [0.1, 0.15) is 11.4 Å². The van der Waals surface area contributed by atoms with Crippen LogP contribution in [0, 0.1) is 6.92 Å². The lowest BCUT2D eigenvalue weighted by Gasteiger charge is -2.23. The third-order valence-electron chi connectivity index (χ3n) is 4.54. The fourth-order valence-corrected chi connectivity index (χ4v) is 3.21. The van der Waals surface area contributed by atoms with Gasteiger partial charge in [-0.2, -0.15) is 0 Å². The number of carbonyl (C=O) groups excluding carboxylic acids is 1. The minimum absolute atomic E-state index is 0.119. The molecule has 6 heteroatoms. The molecule has 1 aromatic carbocycles. The normalized spacial score (nSPS) is 14.6. The Labute approximate surface area is 152 Å². The molecular weight excluding hydrogens is 330 g/mol. The van der Waals surface area contributed by atoms with E-state index in [1.807, 2.05) is 24.0 Å². The Balaban J connectivity index is 1.84. The van der Waals surface area contributed by atoms with Crippen LogP contribution in [0.25, 0.3) is 0 Å². The van der Waals surface area contributed by atoms with Gasteiger partial charge >= 0.3 is 5.97 Å². The third kappa shape index (κ3) is 4.20. The van der Waals surface area contributed by atoms with Crippen molar-refractivity contribution in [2.45, 2.75) is 32.6 Å². The van der Waals surface area contributed by atoms with Crippen LogP contribution in [-0.4, -0.2) is 35.1 Å². The lowest BCUT2D eigenvalue weighted by atomic mass is 10.1. The summed E-state index contributed by atoms with van der Waals surface area (Å²) in [5.74, 6) is -0.842. The van der Waals surface area contributed by atoms with E-state index in [-0.39, 0.29) is 11.5 Å². The molecule has 1 saturated heterocycles. The number of carboxylic acid groups (broad SMARTS) is 1. The third-order valence-corrected chi connectivity index (χ3v) is 4.54. The van der Waals surface area contributed by atoms with Crippen molar-refractivity contribution in [1.29, 1.82) is 0 Å². The number of benzene rings is 1. The van der Waals surface area contributed by atoms with E-state index in [2.05, 4.69) is 10.3 Å². The van der Waals surface area contributed by atoms with E-state index in [1.165, 1.54) is 12.3 Å². The van der Waals surface area contributed by atoms with Crippen molar-refractivity contribution in [3.05, 3.63) is 53.2 Å². The molecule has 0 atom stereocenters. The summed E-state index contributed by atoms with van der Waals surface area (Å²) in [6.45, 7) is 3.53. The van der Waals surface area contributed by atoms with E-state index in [9.17, 15) is 14.7 Å². The smallest absolute Gasteiger partial charge is 0.339 e. The van der Waals surface area contributed by atoms with E-state index in [0.29, 0.717) is 17.1 Å². The minimum atomic E-state index is -1.04. The molecule has 2 heterocycles. The Morgan fingerprint density at radius 2 is 1.85 bits per heavy atom. The minimum Gasteiger partial charge on any atom is -0.478 e. The zero-order chi connectivity index (χ0) is 18.5. The number of anilines is 2. The van der Waals surface area contributed by atoms with Crippen molar-refractivity contribution in [3.8, 4) is 0 Å². The average Bonchev–Trinajstić information content (AvgIpc) is 2.91. The van der Waals surface area contributed by atoms with Gasteiger partial charge in [-0.1, -0.05) is 30.5 Å². The maximum absolute atomic E-state index is 12.4. The highest BCUT2D eigenvalue weighted by molar-refractivity contribution is 6.05. The first-order chi connectivity index (χ1) is 12.5. The molecule has 0 aliphatic carbocycles. The van der Waals surface area contributed by atoms with Gasteiger partial charge < -0.3 is 15.3 Å². The lowest BCUT2D eigenvalue weighted by molar-refractivity contribution is 0.0696. The number of nitrogens with one attached hydrogen (secondary N) is 1. The molecule has 1 aliphatic heterocycles. The van der Waals surface area contributed by atoms with Crippen LogP contribution in [0.2, 0.25) is 0 Å². The molecule has 1 amide bonds. The zero-order valence-electron chi connectivity index (χ0n) is 14.9. The quantitative estimate of drug-likeness (QED) is 0.875. The Morgan fingerprint density at radius 1 is 1.12 bits per heavy atom. The molecule has 0 unspecified atom stereocenters. The molecule has 26 heavy (non-hydrogen) atoms. The SMILES string of the molecule is Cc1cccc(C(=O)Nc2cnc(N3CCCCCC3)c(C(=O)O)c2)c1. The number of aryl methyl sites for hydroxylation is 1. The van der Waals surface area contributed by atoms with E-state index in [1.54, 1.807) is 12.1 Å². The number of carbonyl (C=O) groups is 2. The number of aromatic nitrogens is 1. The molecule has 6 nitrogen and oxygen atoms in total. The zero-order valence-corrected chi connectivity index (χ0v) is 14.9. The number of nitrogens with zero attached hydrogens (tertiary/aromatic N) is 2. The van der Waals surface area contributed by atoms with E-state index >= 15 is 0 Å². The molecule has 2 aromatic rings. The Bertz CT molecular complexity index is 812. The monoisotopic (exact) mass is 353 g/mol. The number of carboxylic acids is 1. The molecule has 136 valence electrons. The Hall–Kier alpha value is -2.89. The molecule has 1 aromatic heterocycles. The number of pyridine rings is 1. The number of rotatable bonds is 4. The number of hydrogen-bond acceptors (Lipinski definition) is 4. The van der Waals surface area contributed by atoms with E-state index in [0.717, 1.165) is 44.3 Å². The largest absolute Gasteiger partial charge is 0.478 e.